The lowest BCUT2D eigenvalue weighted by Crippen LogP contribution is -2.34. The predicted octanol–water partition coefficient (Wildman–Crippen LogP) is 4.56. The molecule has 1 atom stereocenters. The minimum absolute atomic E-state index is 0.0875. The number of nitrogens with one attached hydrogen (secondary N) is 2. The first-order valence-corrected chi connectivity index (χ1v) is 9.15. The second kappa shape index (κ2) is 10.3. The molecule has 0 radical (unpaired) electrons. The van der Waals surface area contributed by atoms with Crippen molar-refractivity contribution in [1.29, 1.82) is 0 Å². The van der Waals surface area contributed by atoms with Crippen LogP contribution in [0.1, 0.15) is 30.6 Å². The van der Waals surface area contributed by atoms with E-state index in [-0.39, 0.29) is 17.1 Å². The summed E-state index contributed by atoms with van der Waals surface area (Å²) in [5, 5.41) is 5.86. The summed E-state index contributed by atoms with van der Waals surface area (Å²) in [6, 6.07) is 14.3. The molecule has 0 aliphatic rings. The Bertz CT molecular complexity index is 790. The first-order chi connectivity index (χ1) is 13.0. The lowest BCUT2D eigenvalue weighted by atomic mass is 10.2. The molecule has 0 saturated heterocycles. The molecule has 2 aromatic carbocycles. The number of thiocarbonyl (C=S) groups is 1. The lowest BCUT2D eigenvalue weighted by molar-refractivity contribution is 0.0977. The molecule has 6 heteroatoms. The average Bonchev–Trinajstić information content (AvgIpc) is 2.67. The van der Waals surface area contributed by atoms with Gasteiger partial charge >= 0.3 is 0 Å². The molecule has 1 unspecified atom stereocenters. The molecule has 5 nitrogen and oxygen atoms in total. The fourth-order valence-corrected chi connectivity index (χ4v) is 2.36. The smallest absolute Gasteiger partial charge is 0.257 e. The number of anilines is 1. The van der Waals surface area contributed by atoms with E-state index in [1.165, 1.54) is 0 Å². The second-order valence-corrected chi connectivity index (χ2v) is 6.31. The molecule has 0 aromatic heterocycles. The van der Waals surface area contributed by atoms with Crippen LogP contribution in [0, 0.1) is 0 Å². The number of amides is 1. The van der Waals surface area contributed by atoms with Gasteiger partial charge in [0.25, 0.3) is 5.91 Å². The summed E-state index contributed by atoms with van der Waals surface area (Å²) in [5.41, 5.74) is 1.23. The Kier molecular flexibility index (Phi) is 7.82. The summed E-state index contributed by atoms with van der Waals surface area (Å²) in [6.07, 6.45) is 2.66. The van der Waals surface area contributed by atoms with Crippen LogP contribution in [0.2, 0.25) is 0 Å². The van der Waals surface area contributed by atoms with Gasteiger partial charge in [-0.15, -0.1) is 0 Å². The third kappa shape index (κ3) is 6.75. The molecule has 0 spiro atoms. The summed E-state index contributed by atoms with van der Waals surface area (Å²) in [6.45, 7) is 8.08. The van der Waals surface area contributed by atoms with Gasteiger partial charge in [0.15, 0.2) is 5.11 Å². The minimum Gasteiger partial charge on any atom is -0.491 e. The number of carbonyl (C=O) groups is 1. The number of benzene rings is 2. The van der Waals surface area contributed by atoms with Gasteiger partial charge in [0.05, 0.1) is 6.10 Å². The van der Waals surface area contributed by atoms with Crippen LogP contribution >= 0.6 is 12.2 Å². The molecule has 0 fully saturated rings. The minimum atomic E-state index is -0.298. The first kappa shape index (κ1) is 20.5. The number of rotatable bonds is 8. The van der Waals surface area contributed by atoms with E-state index >= 15 is 0 Å². The molecule has 0 saturated carbocycles. The number of ether oxygens (including phenoxy) is 2. The Labute approximate surface area is 165 Å². The summed E-state index contributed by atoms with van der Waals surface area (Å²) >= 11 is 5.22. The van der Waals surface area contributed by atoms with Gasteiger partial charge in [-0.25, -0.2) is 0 Å². The van der Waals surface area contributed by atoms with Crippen molar-refractivity contribution >= 4 is 28.9 Å². The summed E-state index contributed by atoms with van der Waals surface area (Å²) in [5.74, 6) is 1.09. The summed E-state index contributed by atoms with van der Waals surface area (Å²) in [4.78, 5) is 12.4. The van der Waals surface area contributed by atoms with Gasteiger partial charge in [0, 0.05) is 11.3 Å². The van der Waals surface area contributed by atoms with Crippen molar-refractivity contribution < 1.29 is 14.3 Å². The van der Waals surface area contributed by atoms with Crippen LogP contribution < -0.4 is 20.1 Å². The van der Waals surface area contributed by atoms with Crippen molar-refractivity contribution in [3.05, 3.63) is 66.7 Å². The SMILES string of the molecule is C=CCOc1ccc(NC(=S)NC(=O)c2cccc(OC(C)CC)c2)cc1. The Hall–Kier alpha value is -2.86. The van der Waals surface area contributed by atoms with Gasteiger partial charge in [-0.1, -0.05) is 25.6 Å². The number of hydrogen-bond acceptors (Lipinski definition) is 4. The second-order valence-electron chi connectivity index (χ2n) is 5.90. The first-order valence-electron chi connectivity index (χ1n) is 8.74. The van der Waals surface area contributed by atoms with E-state index in [1.807, 2.05) is 44.2 Å². The Morgan fingerprint density at radius 2 is 1.96 bits per heavy atom. The molecule has 2 aromatic rings. The molecular formula is C21H24N2O3S. The van der Waals surface area contributed by atoms with Gasteiger partial charge in [0.1, 0.15) is 18.1 Å². The van der Waals surface area contributed by atoms with Gasteiger partial charge in [-0.2, -0.15) is 0 Å². The van der Waals surface area contributed by atoms with Crippen molar-refractivity contribution in [2.24, 2.45) is 0 Å². The molecule has 2 rings (SSSR count). The van der Waals surface area contributed by atoms with Crippen LogP contribution in [0.4, 0.5) is 5.69 Å². The van der Waals surface area contributed by atoms with E-state index in [0.717, 1.165) is 17.9 Å². The quantitative estimate of drug-likeness (QED) is 0.516. The van der Waals surface area contributed by atoms with Crippen LogP contribution in [0.15, 0.2) is 61.2 Å². The zero-order chi connectivity index (χ0) is 19.6. The highest BCUT2D eigenvalue weighted by Gasteiger charge is 2.10. The molecule has 2 N–H and O–H groups in total. The van der Waals surface area contributed by atoms with Crippen LogP contribution in [0.5, 0.6) is 11.5 Å². The fraction of sp³-hybridized carbons (Fsp3) is 0.238. The maximum absolute atomic E-state index is 12.4. The van der Waals surface area contributed by atoms with E-state index in [4.69, 9.17) is 21.7 Å². The van der Waals surface area contributed by atoms with Gasteiger partial charge in [-0.3, -0.25) is 10.1 Å². The third-order valence-corrected chi connectivity index (χ3v) is 3.92. The molecule has 142 valence electrons. The van der Waals surface area contributed by atoms with E-state index in [9.17, 15) is 4.79 Å². The maximum Gasteiger partial charge on any atom is 0.257 e. The Morgan fingerprint density at radius 1 is 1.22 bits per heavy atom. The monoisotopic (exact) mass is 384 g/mol. The Morgan fingerprint density at radius 3 is 2.63 bits per heavy atom. The van der Waals surface area contributed by atoms with E-state index in [2.05, 4.69) is 17.2 Å². The highest BCUT2D eigenvalue weighted by molar-refractivity contribution is 7.80. The zero-order valence-corrected chi connectivity index (χ0v) is 16.3. The summed E-state index contributed by atoms with van der Waals surface area (Å²) in [7, 11) is 0. The molecule has 27 heavy (non-hydrogen) atoms. The molecule has 0 aliphatic heterocycles. The van der Waals surface area contributed by atoms with Crippen LogP contribution in [-0.2, 0) is 0 Å². The van der Waals surface area contributed by atoms with E-state index in [1.54, 1.807) is 24.3 Å². The largest absolute Gasteiger partial charge is 0.491 e. The normalized spacial score (nSPS) is 11.2. The lowest BCUT2D eigenvalue weighted by Gasteiger charge is -2.14. The zero-order valence-electron chi connectivity index (χ0n) is 15.5. The Balaban J connectivity index is 1.92. The van der Waals surface area contributed by atoms with Gasteiger partial charge < -0.3 is 14.8 Å². The van der Waals surface area contributed by atoms with Crippen molar-refractivity contribution in [2.45, 2.75) is 26.4 Å². The highest BCUT2D eigenvalue weighted by Crippen LogP contribution is 2.17. The highest BCUT2D eigenvalue weighted by atomic mass is 32.1. The molecule has 1 amide bonds. The van der Waals surface area contributed by atoms with Crippen molar-refractivity contribution in [3.8, 4) is 11.5 Å². The average molecular weight is 385 g/mol. The number of hydrogen-bond donors (Lipinski definition) is 2. The standard InChI is InChI=1S/C21H24N2O3S/c1-4-13-25-18-11-9-17(10-12-18)22-21(27)23-20(24)16-7-6-8-19(14-16)26-15(3)5-2/h4,6-12,14-15H,1,5,13H2,2-3H3,(H2,22,23,24,27). The van der Waals surface area contributed by atoms with Gasteiger partial charge in [-0.05, 0) is 68.0 Å². The van der Waals surface area contributed by atoms with Crippen molar-refractivity contribution in [2.75, 3.05) is 11.9 Å². The fourth-order valence-electron chi connectivity index (χ4n) is 2.15. The van der Waals surface area contributed by atoms with E-state index in [0.29, 0.717) is 17.9 Å². The van der Waals surface area contributed by atoms with Crippen LogP contribution in [0.3, 0.4) is 0 Å². The predicted molar refractivity (Wildman–Crippen MR) is 113 cm³/mol. The molecule has 0 aliphatic carbocycles. The van der Waals surface area contributed by atoms with E-state index < -0.39 is 0 Å². The van der Waals surface area contributed by atoms with Crippen LogP contribution in [-0.4, -0.2) is 23.7 Å². The molecule has 0 heterocycles. The number of carbonyl (C=O) groups excluding carboxylic acids is 1. The topological polar surface area (TPSA) is 59.6 Å². The van der Waals surface area contributed by atoms with Gasteiger partial charge in [0.2, 0.25) is 0 Å². The van der Waals surface area contributed by atoms with Crippen molar-refractivity contribution in [1.82, 2.24) is 5.32 Å². The molecule has 0 bridgehead atoms. The third-order valence-electron chi connectivity index (χ3n) is 3.72. The summed E-state index contributed by atoms with van der Waals surface area (Å²) < 4.78 is 11.2. The maximum atomic E-state index is 12.4. The van der Waals surface area contributed by atoms with Crippen LogP contribution in [0.25, 0.3) is 0 Å². The molecular weight excluding hydrogens is 360 g/mol. The van der Waals surface area contributed by atoms with Crippen molar-refractivity contribution in [3.63, 3.8) is 0 Å².